The number of carboxylic acids is 1. The first-order valence-electron chi connectivity index (χ1n) is 5.47. The van der Waals surface area contributed by atoms with Gasteiger partial charge in [0, 0.05) is 4.47 Å². The molecule has 0 atom stereocenters. The van der Waals surface area contributed by atoms with Gasteiger partial charge in [0.1, 0.15) is 12.2 Å². The first-order valence-corrected chi connectivity index (χ1v) is 6.64. The van der Waals surface area contributed by atoms with Crippen molar-refractivity contribution in [2.45, 2.75) is 6.61 Å². The lowest BCUT2D eigenvalue weighted by atomic mass is 10.2. The van der Waals surface area contributed by atoms with Crippen molar-refractivity contribution in [2.24, 2.45) is 0 Å². The van der Waals surface area contributed by atoms with E-state index in [1.807, 2.05) is 24.3 Å². The second kappa shape index (κ2) is 6.08. The molecular weight excluding hydrogens is 332 g/mol. The van der Waals surface area contributed by atoms with Gasteiger partial charge in [0.25, 0.3) is 0 Å². The molecule has 0 spiro atoms. The highest BCUT2D eigenvalue weighted by Crippen LogP contribution is 2.29. The third-order valence-electron chi connectivity index (χ3n) is 2.47. The van der Waals surface area contributed by atoms with E-state index in [9.17, 15) is 4.79 Å². The minimum Gasteiger partial charge on any atom is -0.486 e. The zero-order valence-electron chi connectivity index (χ0n) is 9.77. The van der Waals surface area contributed by atoms with E-state index < -0.39 is 5.97 Å². The molecule has 5 heteroatoms. The third-order valence-corrected chi connectivity index (χ3v) is 3.26. The van der Waals surface area contributed by atoms with Crippen LogP contribution in [0.2, 0.25) is 5.02 Å². The van der Waals surface area contributed by atoms with Crippen LogP contribution in [0, 0.1) is 0 Å². The average molecular weight is 342 g/mol. The Labute approximate surface area is 123 Å². The quantitative estimate of drug-likeness (QED) is 0.897. The highest BCUT2D eigenvalue weighted by Gasteiger charge is 2.14. The summed E-state index contributed by atoms with van der Waals surface area (Å²) in [7, 11) is 0. The lowest BCUT2D eigenvalue weighted by molar-refractivity contribution is 0.0692. The maximum atomic E-state index is 11.1. The monoisotopic (exact) mass is 340 g/mol. The Kier molecular flexibility index (Phi) is 4.45. The van der Waals surface area contributed by atoms with Crippen molar-refractivity contribution in [2.75, 3.05) is 0 Å². The van der Waals surface area contributed by atoms with Gasteiger partial charge in [0.05, 0.1) is 5.02 Å². The summed E-state index contributed by atoms with van der Waals surface area (Å²) in [5, 5.41) is 9.37. The number of halogens is 2. The maximum absolute atomic E-state index is 11.1. The molecule has 98 valence electrons. The highest BCUT2D eigenvalue weighted by molar-refractivity contribution is 9.10. The topological polar surface area (TPSA) is 46.5 Å². The predicted molar refractivity (Wildman–Crippen MR) is 76.9 cm³/mol. The van der Waals surface area contributed by atoms with Gasteiger partial charge in [0.2, 0.25) is 0 Å². The lowest BCUT2D eigenvalue weighted by Crippen LogP contribution is -2.04. The van der Waals surface area contributed by atoms with E-state index in [1.165, 1.54) is 6.07 Å². The molecule has 0 aromatic heterocycles. The Morgan fingerprint density at radius 3 is 2.68 bits per heavy atom. The normalized spacial score (nSPS) is 10.2. The zero-order valence-corrected chi connectivity index (χ0v) is 12.1. The van der Waals surface area contributed by atoms with Crippen molar-refractivity contribution in [1.29, 1.82) is 0 Å². The third kappa shape index (κ3) is 3.49. The summed E-state index contributed by atoms with van der Waals surface area (Å²) in [5.74, 6) is -0.872. The van der Waals surface area contributed by atoms with Crippen molar-refractivity contribution < 1.29 is 14.6 Å². The van der Waals surface area contributed by atoms with Crippen LogP contribution in [0.4, 0.5) is 0 Å². The van der Waals surface area contributed by atoms with Crippen LogP contribution in [0.3, 0.4) is 0 Å². The van der Waals surface area contributed by atoms with Gasteiger partial charge >= 0.3 is 5.97 Å². The summed E-state index contributed by atoms with van der Waals surface area (Å²) in [6, 6.07) is 12.2. The molecule has 0 aliphatic heterocycles. The van der Waals surface area contributed by atoms with E-state index in [1.54, 1.807) is 12.1 Å². The Bertz CT molecular complexity index is 613. The zero-order chi connectivity index (χ0) is 13.8. The summed E-state index contributed by atoms with van der Waals surface area (Å²) in [6.07, 6.45) is 0. The van der Waals surface area contributed by atoms with Crippen molar-refractivity contribution >= 4 is 33.5 Å². The van der Waals surface area contributed by atoms with E-state index in [0.717, 1.165) is 10.0 Å². The second-order valence-electron chi connectivity index (χ2n) is 3.84. The average Bonchev–Trinajstić information content (AvgIpc) is 2.37. The van der Waals surface area contributed by atoms with Gasteiger partial charge in [-0.15, -0.1) is 0 Å². The smallest absolute Gasteiger partial charge is 0.339 e. The number of rotatable bonds is 4. The van der Waals surface area contributed by atoms with E-state index in [0.29, 0.717) is 0 Å². The van der Waals surface area contributed by atoms with E-state index >= 15 is 0 Å². The van der Waals surface area contributed by atoms with Gasteiger partial charge in [-0.25, -0.2) is 4.79 Å². The Hall–Kier alpha value is -1.52. The van der Waals surface area contributed by atoms with Crippen molar-refractivity contribution in [3.05, 3.63) is 63.1 Å². The standard InChI is InChI=1S/C14H10BrClO3/c15-10-4-1-3-9(7-10)8-19-13-11(14(17)18)5-2-6-12(13)16/h1-7H,8H2,(H,17,18). The first-order chi connectivity index (χ1) is 9.08. The molecule has 0 amide bonds. The number of hydrogen-bond donors (Lipinski definition) is 1. The van der Waals surface area contributed by atoms with Gasteiger partial charge in [0.15, 0.2) is 5.75 Å². The van der Waals surface area contributed by atoms with E-state index in [2.05, 4.69) is 15.9 Å². The minimum absolute atomic E-state index is 0.0579. The molecule has 0 saturated heterocycles. The van der Waals surface area contributed by atoms with E-state index in [-0.39, 0.29) is 22.9 Å². The van der Waals surface area contributed by atoms with Gasteiger partial charge in [-0.3, -0.25) is 0 Å². The molecule has 0 bridgehead atoms. The van der Waals surface area contributed by atoms with Gasteiger partial charge in [-0.2, -0.15) is 0 Å². The summed E-state index contributed by atoms with van der Waals surface area (Å²) < 4.78 is 6.47. The molecule has 2 rings (SSSR count). The molecule has 0 saturated carbocycles. The van der Waals surface area contributed by atoms with Crippen LogP contribution in [0.1, 0.15) is 15.9 Å². The lowest BCUT2D eigenvalue weighted by Gasteiger charge is -2.11. The summed E-state index contributed by atoms with van der Waals surface area (Å²) in [6.45, 7) is 0.253. The Balaban J connectivity index is 2.22. The van der Waals surface area contributed by atoms with Gasteiger partial charge in [-0.05, 0) is 29.8 Å². The molecule has 0 radical (unpaired) electrons. The van der Waals surface area contributed by atoms with Crippen molar-refractivity contribution in [3.8, 4) is 5.75 Å². The van der Waals surface area contributed by atoms with Crippen LogP contribution in [-0.2, 0) is 6.61 Å². The summed E-state index contributed by atoms with van der Waals surface area (Å²) >= 11 is 9.34. The van der Waals surface area contributed by atoms with Crippen LogP contribution >= 0.6 is 27.5 Å². The fraction of sp³-hybridized carbons (Fsp3) is 0.0714. The van der Waals surface area contributed by atoms with Crippen LogP contribution in [0.5, 0.6) is 5.75 Å². The highest BCUT2D eigenvalue weighted by atomic mass is 79.9. The number of para-hydroxylation sites is 1. The SMILES string of the molecule is O=C(O)c1cccc(Cl)c1OCc1cccc(Br)c1. The van der Waals surface area contributed by atoms with Gasteiger partial charge < -0.3 is 9.84 Å². The first kappa shape index (κ1) is 13.9. The van der Waals surface area contributed by atoms with E-state index in [4.69, 9.17) is 21.4 Å². The molecule has 19 heavy (non-hydrogen) atoms. The fourth-order valence-corrected chi connectivity index (χ4v) is 2.28. The van der Waals surface area contributed by atoms with Crippen LogP contribution in [-0.4, -0.2) is 11.1 Å². The Morgan fingerprint density at radius 1 is 1.26 bits per heavy atom. The molecule has 0 fully saturated rings. The van der Waals surface area contributed by atoms with Crippen LogP contribution < -0.4 is 4.74 Å². The summed E-state index contributed by atoms with van der Waals surface area (Å²) in [5.41, 5.74) is 0.980. The van der Waals surface area contributed by atoms with Crippen LogP contribution in [0.15, 0.2) is 46.9 Å². The number of benzene rings is 2. The molecule has 2 aromatic rings. The largest absolute Gasteiger partial charge is 0.486 e. The predicted octanol–water partition coefficient (Wildman–Crippen LogP) is 4.38. The molecule has 3 nitrogen and oxygen atoms in total. The Morgan fingerprint density at radius 2 is 2.00 bits per heavy atom. The van der Waals surface area contributed by atoms with Crippen LogP contribution in [0.25, 0.3) is 0 Å². The maximum Gasteiger partial charge on any atom is 0.339 e. The van der Waals surface area contributed by atoms with Crippen molar-refractivity contribution in [1.82, 2.24) is 0 Å². The fourth-order valence-electron chi connectivity index (χ4n) is 1.61. The molecule has 0 aliphatic carbocycles. The summed E-state index contributed by atoms with van der Waals surface area (Å²) in [4.78, 5) is 11.1. The number of aromatic carboxylic acids is 1. The molecule has 0 heterocycles. The number of carbonyl (C=O) groups is 1. The number of carboxylic acid groups (broad SMARTS) is 1. The molecule has 2 aromatic carbocycles. The van der Waals surface area contributed by atoms with Gasteiger partial charge in [-0.1, -0.05) is 45.7 Å². The van der Waals surface area contributed by atoms with Crippen molar-refractivity contribution in [3.63, 3.8) is 0 Å². The number of hydrogen-bond acceptors (Lipinski definition) is 2. The minimum atomic E-state index is -1.06. The number of ether oxygens (including phenoxy) is 1. The molecular formula is C14H10BrClO3. The molecule has 0 aliphatic rings. The second-order valence-corrected chi connectivity index (χ2v) is 5.16. The molecule has 0 unspecified atom stereocenters. The molecule has 1 N–H and O–H groups in total.